The third-order valence-corrected chi connectivity index (χ3v) is 5.49. The van der Waals surface area contributed by atoms with Gasteiger partial charge in [-0.15, -0.1) is 0 Å². The first-order valence-corrected chi connectivity index (χ1v) is 10.0. The molecule has 31 heavy (non-hydrogen) atoms. The number of methoxy groups -OCH3 is 3. The van der Waals surface area contributed by atoms with Crippen LogP contribution in [0.2, 0.25) is 0 Å². The molecule has 3 aromatic carbocycles. The molecule has 4 rings (SSSR count). The number of amides is 1. The molecule has 160 valence electrons. The van der Waals surface area contributed by atoms with Gasteiger partial charge in [-0.05, 0) is 53.6 Å². The van der Waals surface area contributed by atoms with Gasteiger partial charge in [-0.3, -0.25) is 4.79 Å². The van der Waals surface area contributed by atoms with E-state index in [0.717, 1.165) is 22.4 Å². The van der Waals surface area contributed by atoms with Crippen LogP contribution >= 0.6 is 0 Å². The van der Waals surface area contributed by atoms with Gasteiger partial charge in [0.15, 0.2) is 11.5 Å². The first kappa shape index (κ1) is 20.6. The highest BCUT2D eigenvalue weighted by Crippen LogP contribution is 2.36. The number of ether oxygens (including phenoxy) is 4. The van der Waals surface area contributed by atoms with Crippen LogP contribution in [0.25, 0.3) is 0 Å². The Balaban J connectivity index is 1.64. The SMILES string of the molecule is COc1ccc(OCC(c2ccc(OC)c(OC)c2)N2Cc3ccccc3C2=O)cc1. The summed E-state index contributed by atoms with van der Waals surface area (Å²) in [5.74, 6) is 2.70. The molecule has 0 radical (unpaired) electrons. The zero-order valence-electron chi connectivity index (χ0n) is 17.8. The molecule has 6 nitrogen and oxygen atoms in total. The van der Waals surface area contributed by atoms with E-state index in [9.17, 15) is 4.79 Å². The maximum Gasteiger partial charge on any atom is 0.255 e. The molecule has 0 fully saturated rings. The van der Waals surface area contributed by atoms with E-state index in [1.165, 1.54) is 0 Å². The van der Waals surface area contributed by atoms with Crippen molar-refractivity contribution in [3.8, 4) is 23.0 Å². The van der Waals surface area contributed by atoms with E-state index in [2.05, 4.69) is 0 Å². The van der Waals surface area contributed by atoms with Gasteiger partial charge in [-0.25, -0.2) is 0 Å². The molecule has 1 amide bonds. The van der Waals surface area contributed by atoms with Gasteiger partial charge in [0.25, 0.3) is 5.91 Å². The van der Waals surface area contributed by atoms with E-state index >= 15 is 0 Å². The van der Waals surface area contributed by atoms with Gasteiger partial charge < -0.3 is 23.8 Å². The summed E-state index contributed by atoms with van der Waals surface area (Å²) in [6.45, 7) is 0.821. The predicted molar refractivity (Wildman–Crippen MR) is 117 cm³/mol. The van der Waals surface area contributed by atoms with Crippen LogP contribution in [-0.2, 0) is 6.54 Å². The van der Waals surface area contributed by atoms with Crippen molar-refractivity contribution in [2.24, 2.45) is 0 Å². The summed E-state index contributed by atoms with van der Waals surface area (Å²) in [7, 11) is 4.82. The molecule has 1 atom stereocenters. The number of carbonyl (C=O) groups is 1. The van der Waals surface area contributed by atoms with Gasteiger partial charge in [-0.2, -0.15) is 0 Å². The van der Waals surface area contributed by atoms with Crippen LogP contribution in [0.4, 0.5) is 0 Å². The minimum absolute atomic E-state index is 0.00582. The van der Waals surface area contributed by atoms with Gasteiger partial charge in [0.1, 0.15) is 18.1 Å². The zero-order chi connectivity index (χ0) is 21.8. The average molecular weight is 419 g/mol. The molecule has 0 aliphatic carbocycles. The normalized spacial score (nSPS) is 13.5. The third kappa shape index (κ3) is 4.14. The highest BCUT2D eigenvalue weighted by atomic mass is 16.5. The molecule has 1 heterocycles. The molecule has 0 N–H and O–H groups in total. The van der Waals surface area contributed by atoms with E-state index in [4.69, 9.17) is 18.9 Å². The second-order valence-electron chi connectivity index (χ2n) is 7.21. The van der Waals surface area contributed by atoms with Gasteiger partial charge in [-0.1, -0.05) is 24.3 Å². The molecule has 0 aromatic heterocycles. The molecule has 6 heteroatoms. The Bertz CT molecular complexity index is 1060. The van der Waals surface area contributed by atoms with Crippen LogP contribution in [0.15, 0.2) is 66.7 Å². The maximum atomic E-state index is 13.2. The number of hydrogen-bond acceptors (Lipinski definition) is 5. The van der Waals surface area contributed by atoms with Crippen molar-refractivity contribution in [3.05, 3.63) is 83.4 Å². The summed E-state index contributed by atoms with van der Waals surface area (Å²) in [5, 5.41) is 0. The monoisotopic (exact) mass is 419 g/mol. The Morgan fingerprint density at radius 1 is 0.839 bits per heavy atom. The van der Waals surface area contributed by atoms with Gasteiger partial charge in [0.2, 0.25) is 0 Å². The van der Waals surface area contributed by atoms with Crippen LogP contribution in [0.3, 0.4) is 0 Å². The molecule has 0 saturated carbocycles. The lowest BCUT2D eigenvalue weighted by atomic mass is 10.0. The Hall–Kier alpha value is -3.67. The lowest BCUT2D eigenvalue weighted by Gasteiger charge is -2.29. The number of nitrogens with zero attached hydrogens (tertiary/aromatic N) is 1. The van der Waals surface area contributed by atoms with E-state index < -0.39 is 0 Å². The largest absolute Gasteiger partial charge is 0.497 e. The molecule has 1 aliphatic rings. The van der Waals surface area contributed by atoms with E-state index in [1.807, 2.05) is 71.6 Å². The Morgan fingerprint density at radius 3 is 2.23 bits per heavy atom. The maximum absolute atomic E-state index is 13.2. The fourth-order valence-electron chi connectivity index (χ4n) is 3.80. The van der Waals surface area contributed by atoms with E-state index in [1.54, 1.807) is 21.3 Å². The van der Waals surface area contributed by atoms with Crippen LogP contribution in [-0.4, -0.2) is 38.7 Å². The Morgan fingerprint density at radius 2 is 1.55 bits per heavy atom. The van der Waals surface area contributed by atoms with Crippen molar-refractivity contribution >= 4 is 5.91 Å². The average Bonchev–Trinajstić information content (AvgIpc) is 3.15. The van der Waals surface area contributed by atoms with E-state index in [0.29, 0.717) is 30.4 Å². The van der Waals surface area contributed by atoms with Crippen LogP contribution in [0, 0.1) is 0 Å². The van der Waals surface area contributed by atoms with Gasteiger partial charge in [0.05, 0.1) is 27.4 Å². The number of benzene rings is 3. The standard InChI is InChI=1S/C25H25NO5/c1-28-19-9-11-20(12-10-19)31-16-22(17-8-13-23(29-2)24(14-17)30-3)26-15-18-6-4-5-7-21(18)25(26)27/h4-14,22H,15-16H2,1-3H3. The Kier molecular flexibility index (Phi) is 5.98. The molecule has 1 aliphatic heterocycles. The summed E-state index contributed by atoms with van der Waals surface area (Å²) in [6.07, 6.45) is 0. The molecular formula is C25H25NO5. The minimum atomic E-state index is -0.304. The smallest absolute Gasteiger partial charge is 0.255 e. The van der Waals surface area contributed by atoms with Crippen molar-refractivity contribution in [1.29, 1.82) is 0 Å². The highest BCUT2D eigenvalue weighted by Gasteiger charge is 2.34. The van der Waals surface area contributed by atoms with Crippen molar-refractivity contribution in [2.45, 2.75) is 12.6 Å². The summed E-state index contributed by atoms with van der Waals surface area (Å²) in [6, 6.07) is 20.5. The van der Waals surface area contributed by atoms with Gasteiger partial charge in [0, 0.05) is 12.1 Å². The molecule has 0 bridgehead atoms. The summed E-state index contributed by atoms with van der Waals surface area (Å²) >= 11 is 0. The van der Waals surface area contributed by atoms with E-state index in [-0.39, 0.29) is 11.9 Å². The first-order valence-electron chi connectivity index (χ1n) is 10.0. The quantitative estimate of drug-likeness (QED) is 0.539. The molecule has 1 unspecified atom stereocenters. The summed E-state index contributed by atoms with van der Waals surface area (Å²) in [4.78, 5) is 15.0. The van der Waals surface area contributed by atoms with Crippen molar-refractivity contribution in [2.75, 3.05) is 27.9 Å². The van der Waals surface area contributed by atoms with Crippen molar-refractivity contribution in [1.82, 2.24) is 4.90 Å². The summed E-state index contributed by atoms with van der Waals surface area (Å²) < 4.78 is 22.2. The number of hydrogen-bond donors (Lipinski definition) is 0. The highest BCUT2D eigenvalue weighted by molar-refractivity contribution is 5.98. The van der Waals surface area contributed by atoms with Crippen molar-refractivity contribution < 1.29 is 23.7 Å². The molecule has 0 spiro atoms. The predicted octanol–water partition coefficient (Wildman–Crippen LogP) is 4.49. The van der Waals surface area contributed by atoms with Crippen LogP contribution in [0.1, 0.15) is 27.5 Å². The second kappa shape index (κ2) is 9.00. The van der Waals surface area contributed by atoms with Crippen LogP contribution in [0.5, 0.6) is 23.0 Å². The molecule has 0 saturated heterocycles. The fourth-order valence-corrected chi connectivity index (χ4v) is 3.80. The van der Waals surface area contributed by atoms with Gasteiger partial charge >= 0.3 is 0 Å². The topological polar surface area (TPSA) is 57.2 Å². The number of carbonyl (C=O) groups excluding carboxylic acids is 1. The number of rotatable bonds is 8. The number of fused-ring (bicyclic) bond motifs is 1. The fraction of sp³-hybridized carbons (Fsp3) is 0.240. The molecular weight excluding hydrogens is 394 g/mol. The first-order chi connectivity index (χ1) is 15.1. The third-order valence-electron chi connectivity index (χ3n) is 5.49. The molecule has 3 aromatic rings. The Labute approximate surface area is 181 Å². The lowest BCUT2D eigenvalue weighted by molar-refractivity contribution is 0.0635. The van der Waals surface area contributed by atoms with Crippen molar-refractivity contribution in [3.63, 3.8) is 0 Å². The minimum Gasteiger partial charge on any atom is -0.497 e. The zero-order valence-corrected chi connectivity index (χ0v) is 17.8. The summed E-state index contributed by atoms with van der Waals surface area (Å²) in [5.41, 5.74) is 2.66. The lowest BCUT2D eigenvalue weighted by Crippen LogP contribution is -2.33. The second-order valence-corrected chi connectivity index (χ2v) is 7.21. The van der Waals surface area contributed by atoms with Crippen LogP contribution < -0.4 is 18.9 Å².